The molecular weight excluding hydrogens is 291 g/mol. The molecule has 0 aliphatic carbocycles. The van der Waals surface area contributed by atoms with Crippen LogP contribution in [-0.2, 0) is 19.6 Å². The van der Waals surface area contributed by atoms with Crippen LogP contribution in [0.15, 0.2) is 0 Å². The summed E-state index contributed by atoms with van der Waals surface area (Å²) in [5.41, 5.74) is 0. The van der Waals surface area contributed by atoms with Crippen LogP contribution < -0.4 is 0 Å². The molecule has 116 valence electrons. The molecule has 0 unspecified atom stereocenters. The Bertz CT molecular complexity index is 330. The van der Waals surface area contributed by atoms with Crippen LogP contribution in [0, 0.1) is 0 Å². The van der Waals surface area contributed by atoms with E-state index in [4.69, 9.17) is 9.29 Å². The molecule has 0 spiro atoms. The van der Waals surface area contributed by atoms with E-state index in [1.807, 2.05) is 0 Å². The van der Waals surface area contributed by atoms with E-state index < -0.39 is 21.8 Å². The summed E-state index contributed by atoms with van der Waals surface area (Å²) in [5, 5.41) is 0. The molecule has 0 amide bonds. The second-order valence-corrected chi connectivity index (χ2v) is 6.30. The van der Waals surface area contributed by atoms with Gasteiger partial charge in [-0.1, -0.05) is 51.9 Å². The van der Waals surface area contributed by atoms with Crippen LogP contribution >= 0.6 is 0 Å². The first-order valence-electron chi connectivity index (χ1n) is 7.06. The monoisotopic (exact) mass is 318 g/mol. The van der Waals surface area contributed by atoms with Gasteiger partial charge >= 0.3 is 35.5 Å². The third-order valence-electron chi connectivity index (χ3n) is 2.83. The number of hydrogen-bond acceptors (Lipinski definition) is 4. The molecule has 0 fully saturated rings. The van der Waals surface area contributed by atoms with Crippen LogP contribution in [-0.4, -0.2) is 60.9 Å². The molecule has 0 rings (SSSR count). The van der Waals surface area contributed by atoms with Crippen molar-refractivity contribution in [1.29, 1.82) is 0 Å². The number of unbranched alkanes of at least 4 members (excludes halogenated alkanes) is 7. The zero-order valence-electron chi connectivity index (χ0n) is 11.8. The summed E-state index contributed by atoms with van der Waals surface area (Å²) in [4.78, 5) is 11.1. The fourth-order valence-electron chi connectivity index (χ4n) is 1.71. The molecule has 0 aromatic rings. The molecule has 0 aromatic heterocycles. The molecule has 5 nitrogen and oxygen atoms in total. The van der Waals surface area contributed by atoms with E-state index >= 15 is 0 Å². The van der Waals surface area contributed by atoms with Gasteiger partial charge in [-0.05, 0) is 6.42 Å². The molecule has 7 heteroatoms. The Morgan fingerprint density at radius 3 is 2.00 bits per heavy atom. The van der Waals surface area contributed by atoms with Crippen LogP contribution in [0.2, 0.25) is 0 Å². The number of carbonyl (C=O) groups is 1. The van der Waals surface area contributed by atoms with Gasteiger partial charge in [0.05, 0.1) is 18.8 Å². The standard InChI is InChI=1S/C13H26O5S.Na.H/c1-2-3-4-5-6-7-8-9-11-18-13(14)10-12-19(15,16)17;;/h2-12H2,1H3,(H,15,16,17);;. The second-order valence-electron chi connectivity index (χ2n) is 4.73. The number of carbonyl (C=O) groups excluding carboxylic acids is 1. The number of esters is 1. The van der Waals surface area contributed by atoms with Crippen LogP contribution in [0.3, 0.4) is 0 Å². The van der Waals surface area contributed by atoms with Gasteiger partial charge < -0.3 is 4.74 Å². The van der Waals surface area contributed by atoms with Gasteiger partial charge in [0.1, 0.15) is 0 Å². The van der Waals surface area contributed by atoms with Crippen LogP contribution in [0.25, 0.3) is 0 Å². The van der Waals surface area contributed by atoms with Crippen molar-refractivity contribution in [3.8, 4) is 0 Å². The molecule has 0 radical (unpaired) electrons. The average Bonchev–Trinajstić information content (AvgIpc) is 2.33. The van der Waals surface area contributed by atoms with Gasteiger partial charge in [-0.2, -0.15) is 8.42 Å². The van der Waals surface area contributed by atoms with E-state index in [1.54, 1.807) is 0 Å². The van der Waals surface area contributed by atoms with E-state index in [2.05, 4.69) is 6.92 Å². The minimum atomic E-state index is -4.07. The van der Waals surface area contributed by atoms with Gasteiger partial charge in [0.15, 0.2) is 0 Å². The van der Waals surface area contributed by atoms with Crippen molar-refractivity contribution < 1.29 is 22.5 Å². The van der Waals surface area contributed by atoms with Gasteiger partial charge in [-0.15, -0.1) is 0 Å². The predicted molar refractivity (Wildman–Crippen MR) is 81.8 cm³/mol. The molecule has 0 atom stereocenters. The predicted octanol–water partition coefficient (Wildman–Crippen LogP) is 2.30. The van der Waals surface area contributed by atoms with Gasteiger partial charge in [0.2, 0.25) is 0 Å². The Morgan fingerprint density at radius 1 is 1.00 bits per heavy atom. The third kappa shape index (κ3) is 18.4. The summed E-state index contributed by atoms with van der Waals surface area (Å²) < 4.78 is 34.1. The first kappa shape index (κ1) is 22.7. The fraction of sp³-hybridized carbons (Fsp3) is 0.923. The van der Waals surface area contributed by atoms with Crippen molar-refractivity contribution in [3.63, 3.8) is 0 Å². The second kappa shape index (κ2) is 14.3. The first-order valence-corrected chi connectivity index (χ1v) is 8.67. The molecule has 0 aliphatic rings. The van der Waals surface area contributed by atoms with E-state index in [9.17, 15) is 13.2 Å². The maximum atomic E-state index is 11.1. The van der Waals surface area contributed by atoms with Gasteiger partial charge in [-0.25, -0.2) is 0 Å². The third-order valence-corrected chi connectivity index (χ3v) is 3.55. The number of hydrogen-bond donors (Lipinski definition) is 1. The Morgan fingerprint density at radius 2 is 1.50 bits per heavy atom. The van der Waals surface area contributed by atoms with Crippen molar-refractivity contribution in [2.45, 2.75) is 64.7 Å². The summed E-state index contributed by atoms with van der Waals surface area (Å²) >= 11 is 0. The zero-order chi connectivity index (χ0) is 14.6. The maximum absolute atomic E-state index is 11.1. The SMILES string of the molecule is CCCCCCCCCCOC(=O)CCS(=O)(=O)O.[NaH]. The molecule has 1 N–H and O–H groups in total. The van der Waals surface area contributed by atoms with Crippen molar-refractivity contribution in [2.24, 2.45) is 0 Å². The van der Waals surface area contributed by atoms with Gasteiger partial charge in [-0.3, -0.25) is 9.35 Å². The molecule has 0 saturated carbocycles. The summed E-state index contributed by atoms with van der Waals surface area (Å²) in [6.07, 6.45) is 9.02. The number of ether oxygens (including phenoxy) is 1. The molecule has 20 heavy (non-hydrogen) atoms. The van der Waals surface area contributed by atoms with Crippen LogP contribution in [0.5, 0.6) is 0 Å². The van der Waals surface area contributed by atoms with Gasteiger partial charge in [0.25, 0.3) is 10.1 Å². The van der Waals surface area contributed by atoms with E-state index in [0.29, 0.717) is 6.61 Å². The van der Waals surface area contributed by atoms with Crippen molar-refractivity contribution in [1.82, 2.24) is 0 Å². The normalized spacial score (nSPS) is 10.9. The Kier molecular flexibility index (Phi) is 16.2. The first-order chi connectivity index (χ1) is 8.95. The quantitative estimate of drug-likeness (QED) is 0.258. The molecule has 0 aliphatic heterocycles. The van der Waals surface area contributed by atoms with Crippen molar-refractivity contribution in [2.75, 3.05) is 12.4 Å². The van der Waals surface area contributed by atoms with Crippen LogP contribution in [0.4, 0.5) is 0 Å². The van der Waals surface area contributed by atoms with E-state index in [-0.39, 0.29) is 36.0 Å². The van der Waals surface area contributed by atoms with Crippen molar-refractivity contribution in [3.05, 3.63) is 0 Å². The molecule has 0 bridgehead atoms. The van der Waals surface area contributed by atoms with Crippen LogP contribution in [0.1, 0.15) is 64.7 Å². The van der Waals surface area contributed by atoms with E-state index in [0.717, 1.165) is 19.3 Å². The molecule has 0 saturated heterocycles. The Labute approximate surface area is 144 Å². The Hall–Kier alpha value is 0.380. The zero-order valence-corrected chi connectivity index (χ0v) is 12.6. The van der Waals surface area contributed by atoms with Crippen molar-refractivity contribution >= 4 is 45.6 Å². The summed E-state index contributed by atoms with van der Waals surface area (Å²) in [6, 6.07) is 0. The Balaban J connectivity index is 0. The number of rotatable bonds is 12. The van der Waals surface area contributed by atoms with E-state index in [1.165, 1.54) is 32.1 Å². The molecule has 0 aromatic carbocycles. The fourth-order valence-corrected chi connectivity index (χ4v) is 2.13. The summed E-state index contributed by atoms with van der Waals surface area (Å²) in [6.45, 7) is 2.52. The minimum absolute atomic E-state index is 0. The summed E-state index contributed by atoms with van der Waals surface area (Å²) in [7, 11) is -4.07. The topological polar surface area (TPSA) is 80.7 Å². The molecular formula is C13H27NaO5S. The van der Waals surface area contributed by atoms with Gasteiger partial charge in [0, 0.05) is 0 Å². The summed E-state index contributed by atoms with van der Waals surface area (Å²) in [5.74, 6) is -1.14. The average molecular weight is 318 g/mol. The molecule has 0 heterocycles.